The molecule has 1 rings (SSSR count). The largest absolute Gasteiger partial charge is 0.339 e. The van der Waals surface area contributed by atoms with Crippen molar-refractivity contribution in [3.63, 3.8) is 0 Å². The van der Waals surface area contributed by atoms with Gasteiger partial charge in [0.05, 0.1) is 5.75 Å². The molecule has 1 unspecified atom stereocenters. The van der Waals surface area contributed by atoms with Crippen molar-refractivity contribution in [2.75, 3.05) is 18.1 Å². The number of carbonyl (C=O) groups is 1. The van der Waals surface area contributed by atoms with Crippen molar-refractivity contribution in [1.82, 2.24) is 4.90 Å². The molecular weight excluding hydrogens is 244 g/mol. The molecule has 1 aliphatic carbocycles. The van der Waals surface area contributed by atoms with Crippen LogP contribution < -0.4 is 5.73 Å². The van der Waals surface area contributed by atoms with Gasteiger partial charge in [-0.25, -0.2) is 0 Å². The number of thioether (sulfide) groups is 1. The summed E-state index contributed by atoms with van der Waals surface area (Å²) < 4.78 is 0. The molecule has 18 heavy (non-hydrogen) atoms. The first-order valence-corrected chi connectivity index (χ1v) is 8.43. The molecule has 1 atom stereocenters. The van der Waals surface area contributed by atoms with Gasteiger partial charge in [-0.05, 0) is 38.9 Å². The highest BCUT2D eigenvalue weighted by Crippen LogP contribution is 2.23. The molecule has 106 valence electrons. The number of nitrogens with zero attached hydrogens (tertiary/aromatic N) is 1. The van der Waals surface area contributed by atoms with E-state index in [9.17, 15) is 4.79 Å². The molecule has 1 fully saturated rings. The van der Waals surface area contributed by atoms with Gasteiger partial charge in [-0.15, -0.1) is 0 Å². The Balaban J connectivity index is 2.27. The Morgan fingerprint density at radius 2 is 2.06 bits per heavy atom. The van der Waals surface area contributed by atoms with Gasteiger partial charge in [0.2, 0.25) is 5.91 Å². The fraction of sp³-hybridized carbons (Fsp3) is 0.929. The van der Waals surface area contributed by atoms with E-state index in [1.165, 1.54) is 32.1 Å². The highest BCUT2D eigenvalue weighted by atomic mass is 32.2. The summed E-state index contributed by atoms with van der Waals surface area (Å²) in [5, 5.41) is 0. The third-order valence-corrected chi connectivity index (χ3v) is 4.60. The Hall–Kier alpha value is -0.220. The van der Waals surface area contributed by atoms with Gasteiger partial charge in [-0.1, -0.05) is 19.3 Å². The minimum absolute atomic E-state index is 0.244. The van der Waals surface area contributed by atoms with Gasteiger partial charge in [0.1, 0.15) is 0 Å². The van der Waals surface area contributed by atoms with Crippen molar-refractivity contribution in [1.29, 1.82) is 0 Å². The minimum Gasteiger partial charge on any atom is -0.339 e. The predicted octanol–water partition coefficient (Wildman–Crippen LogP) is 2.64. The van der Waals surface area contributed by atoms with Crippen LogP contribution in [0.5, 0.6) is 0 Å². The van der Waals surface area contributed by atoms with Gasteiger partial charge in [-0.3, -0.25) is 4.79 Å². The van der Waals surface area contributed by atoms with Crippen LogP contribution in [0.15, 0.2) is 0 Å². The number of rotatable bonds is 7. The molecule has 2 N–H and O–H groups in total. The second-order valence-corrected chi connectivity index (χ2v) is 6.40. The van der Waals surface area contributed by atoms with Crippen LogP contribution >= 0.6 is 11.8 Å². The van der Waals surface area contributed by atoms with Gasteiger partial charge < -0.3 is 10.6 Å². The van der Waals surface area contributed by atoms with Crippen LogP contribution in [0.4, 0.5) is 0 Å². The molecule has 0 spiro atoms. The van der Waals surface area contributed by atoms with Gasteiger partial charge in [-0.2, -0.15) is 11.8 Å². The Labute approximate surface area is 116 Å². The maximum absolute atomic E-state index is 12.2. The Morgan fingerprint density at radius 3 is 2.61 bits per heavy atom. The van der Waals surface area contributed by atoms with Crippen molar-refractivity contribution in [3.8, 4) is 0 Å². The summed E-state index contributed by atoms with van der Waals surface area (Å²) in [5.41, 5.74) is 5.70. The van der Waals surface area contributed by atoms with Gasteiger partial charge in [0.15, 0.2) is 0 Å². The number of amides is 1. The SMILES string of the molecule is CCN(C(=O)CSCCC(C)N)C1CCCCC1. The fourth-order valence-corrected chi connectivity index (χ4v) is 3.57. The quantitative estimate of drug-likeness (QED) is 0.725. The van der Waals surface area contributed by atoms with E-state index in [1.54, 1.807) is 11.8 Å². The van der Waals surface area contributed by atoms with Crippen molar-refractivity contribution >= 4 is 17.7 Å². The summed E-state index contributed by atoms with van der Waals surface area (Å²) in [5.74, 6) is 1.93. The van der Waals surface area contributed by atoms with Crippen molar-refractivity contribution < 1.29 is 4.79 Å². The molecule has 0 aromatic rings. The zero-order chi connectivity index (χ0) is 13.4. The van der Waals surface area contributed by atoms with Crippen LogP contribution in [0.1, 0.15) is 52.4 Å². The lowest BCUT2D eigenvalue weighted by Crippen LogP contribution is -2.42. The van der Waals surface area contributed by atoms with E-state index in [2.05, 4.69) is 11.8 Å². The maximum Gasteiger partial charge on any atom is 0.232 e. The second-order valence-electron chi connectivity index (χ2n) is 5.29. The summed E-state index contributed by atoms with van der Waals surface area (Å²) in [4.78, 5) is 14.3. The lowest BCUT2D eigenvalue weighted by Gasteiger charge is -2.33. The zero-order valence-corrected chi connectivity index (χ0v) is 12.7. The molecule has 0 aromatic heterocycles. The molecule has 0 saturated heterocycles. The fourth-order valence-electron chi connectivity index (χ4n) is 2.54. The highest BCUT2D eigenvalue weighted by molar-refractivity contribution is 7.99. The van der Waals surface area contributed by atoms with Gasteiger partial charge >= 0.3 is 0 Å². The van der Waals surface area contributed by atoms with Crippen LogP contribution in [0, 0.1) is 0 Å². The molecular formula is C14H28N2OS. The molecule has 0 bridgehead atoms. The molecule has 4 heteroatoms. The van der Waals surface area contributed by atoms with Crippen LogP contribution in [0.3, 0.4) is 0 Å². The van der Waals surface area contributed by atoms with E-state index in [-0.39, 0.29) is 6.04 Å². The predicted molar refractivity (Wildman–Crippen MR) is 79.9 cm³/mol. The van der Waals surface area contributed by atoms with E-state index in [0.717, 1.165) is 18.7 Å². The first-order chi connectivity index (χ1) is 8.65. The molecule has 0 radical (unpaired) electrons. The average Bonchev–Trinajstić information content (AvgIpc) is 2.36. The van der Waals surface area contributed by atoms with Crippen molar-refractivity contribution in [2.24, 2.45) is 5.73 Å². The van der Waals surface area contributed by atoms with E-state index in [0.29, 0.717) is 17.7 Å². The molecule has 1 saturated carbocycles. The first kappa shape index (κ1) is 15.8. The van der Waals surface area contributed by atoms with Crippen LogP contribution in [0.25, 0.3) is 0 Å². The van der Waals surface area contributed by atoms with E-state index in [1.807, 2.05) is 6.92 Å². The number of hydrogen-bond donors (Lipinski definition) is 1. The summed E-state index contributed by atoms with van der Waals surface area (Å²) in [7, 11) is 0. The monoisotopic (exact) mass is 272 g/mol. The van der Waals surface area contributed by atoms with Gasteiger partial charge in [0.25, 0.3) is 0 Å². The molecule has 0 aromatic carbocycles. The van der Waals surface area contributed by atoms with E-state index < -0.39 is 0 Å². The van der Waals surface area contributed by atoms with Crippen molar-refractivity contribution in [2.45, 2.75) is 64.5 Å². The minimum atomic E-state index is 0.244. The van der Waals surface area contributed by atoms with Crippen LogP contribution in [0.2, 0.25) is 0 Å². The van der Waals surface area contributed by atoms with E-state index >= 15 is 0 Å². The van der Waals surface area contributed by atoms with Crippen LogP contribution in [-0.2, 0) is 4.79 Å². The third-order valence-electron chi connectivity index (χ3n) is 3.62. The average molecular weight is 272 g/mol. The van der Waals surface area contributed by atoms with E-state index in [4.69, 9.17) is 5.73 Å². The zero-order valence-electron chi connectivity index (χ0n) is 11.9. The topological polar surface area (TPSA) is 46.3 Å². The molecule has 0 heterocycles. The van der Waals surface area contributed by atoms with Crippen LogP contribution in [-0.4, -0.2) is 40.9 Å². The third kappa shape index (κ3) is 5.61. The van der Waals surface area contributed by atoms with Gasteiger partial charge in [0, 0.05) is 18.6 Å². The molecule has 1 aliphatic rings. The summed E-state index contributed by atoms with van der Waals surface area (Å²) in [6.07, 6.45) is 7.30. The summed E-state index contributed by atoms with van der Waals surface area (Å²) in [6, 6.07) is 0.749. The maximum atomic E-state index is 12.2. The first-order valence-electron chi connectivity index (χ1n) is 7.28. The normalized spacial score (nSPS) is 18.6. The Kier molecular flexibility index (Phi) is 7.75. The lowest BCUT2D eigenvalue weighted by atomic mass is 9.94. The summed E-state index contributed by atoms with van der Waals surface area (Å²) in [6.45, 7) is 4.97. The van der Waals surface area contributed by atoms with Crippen molar-refractivity contribution in [3.05, 3.63) is 0 Å². The summed E-state index contributed by atoms with van der Waals surface area (Å²) >= 11 is 1.73. The number of hydrogen-bond acceptors (Lipinski definition) is 3. The Bertz CT molecular complexity index is 240. The number of nitrogens with two attached hydrogens (primary N) is 1. The second kappa shape index (κ2) is 8.81. The number of carbonyl (C=O) groups excluding carboxylic acids is 1. The lowest BCUT2D eigenvalue weighted by molar-refractivity contribution is -0.131. The standard InChI is InChI=1S/C14H28N2OS/c1-3-16(13-7-5-4-6-8-13)14(17)11-18-10-9-12(2)15/h12-13H,3-11,15H2,1-2H3. The highest BCUT2D eigenvalue weighted by Gasteiger charge is 2.23. The molecule has 0 aliphatic heterocycles. The molecule has 1 amide bonds. The Morgan fingerprint density at radius 1 is 1.39 bits per heavy atom. The smallest absolute Gasteiger partial charge is 0.232 e. The molecule has 3 nitrogen and oxygen atoms in total.